The maximum Gasteiger partial charge on any atom is 0.255 e. The van der Waals surface area contributed by atoms with E-state index in [1.165, 1.54) is 18.6 Å². The van der Waals surface area contributed by atoms with E-state index in [1.807, 2.05) is 0 Å². The number of carbonyl (C=O) groups excluding carboxylic acids is 2. The normalized spacial score (nSPS) is 11.4. The Morgan fingerprint density at radius 2 is 1.86 bits per heavy atom. The Hall–Kier alpha value is -3.81. The van der Waals surface area contributed by atoms with Crippen molar-refractivity contribution in [2.24, 2.45) is 0 Å². The van der Waals surface area contributed by atoms with E-state index in [2.05, 4.69) is 15.6 Å². The number of rotatable bonds is 8. The van der Waals surface area contributed by atoms with Crippen molar-refractivity contribution in [1.82, 2.24) is 15.6 Å². The molecule has 2 N–H and O–H groups in total. The van der Waals surface area contributed by atoms with Crippen LogP contribution < -0.4 is 20.1 Å². The smallest absolute Gasteiger partial charge is 0.255 e. The van der Waals surface area contributed by atoms with Crippen molar-refractivity contribution < 1.29 is 23.5 Å². The summed E-state index contributed by atoms with van der Waals surface area (Å²) in [6.45, 7) is 1.89. The standard InChI is InChI=1S/C21H21N3O5/c1-14(24-21(26)16-9-10-28-13-16)20(25)23-12-15-3-8-19(22-11-15)29-18-6-4-17(27-2)5-7-18/h3-11,13-14H,12H2,1-2H3,(H,23,25)(H,24,26)/t14-/m0/s1. The van der Waals surface area contributed by atoms with E-state index in [-0.39, 0.29) is 18.4 Å². The van der Waals surface area contributed by atoms with Gasteiger partial charge in [-0.05, 0) is 42.8 Å². The molecule has 3 aromatic rings. The average Bonchev–Trinajstić information content (AvgIpc) is 3.28. The highest BCUT2D eigenvalue weighted by molar-refractivity contribution is 5.97. The number of nitrogens with one attached hydrogen (secondary N) is 2. The third-order valence-electron chi connectivity index (χ3n) is 4.07. The number of methoxy groups -OCH3 is 1. The first-order valence-corrected chi connectivity index (χ1v) is 8.93. The first-order valence-electron chi connectivity index (χ1n) is 8.93. The van der Waals surface area contributed by atoms with E-state index < -0.39 is 6.04 Å². The van der Waals surface area contributed by atoms with Gasteiger partial charge in [0.2, 0.25) is 11.8 Å². The summed E-state index contributed by atoms with van der Waals surface area (Å²) >= 11 is 0. The Morgan fingerprint density at radius 1 is 1.10 bits per heavy atom. The minimum absolute atomic E-state index is 0.278. The molecule has 0 fully saturated rings. The lowest BCUT2D eigenvalue weighted by Gasteiger charge is -2.13. The van der Waals surface area contributed by atoms with Crippen LogP contribution in [0.25, 0.3) is 0 Å². The molecule has 0 radical (unpaired) electrons. The molecule has 2 amide bonds. The number of hydrogen-bond donors (Lipinski definition) is 2. The van der Waals surface area contributed by atoms with Crippen LogP contribution in [0.4, 0.5) is 0 Å². The van der Waals surface area contributed by atoms with Crippen molar-refractivity contribution in [3.05, 3.63) is 72.3 Å². The number of ether oxygens (including phenoxy) is 2. The molecular formula is C21H21N3O5. The number of carbonyl (C=O) groups is 2. The summed E-state index contributed by atoms with van der Waals surface area (Å²) in [5.41, 5.74) is 1.16. The summed E-state index contributed by atoms with van der Waals surface area (Å²) in [6.07, 6.45) is 4.34. The third-order valence-corrected chi connectivity index (χ3v) is 4.07. The van der Waals surface area contributed by atoms with E-state index >= 15 is 0 Å². The number of benzene rings is 1. The van der Waals surface area contributed by atoms with Crippen molar-refractivity contribution in [3.63, 3.8) is 0 Å². The summed E-state index contributed by atoms with van der Waals surface area (Å²) in [5, 5.41) is 5.37. The van der Waals surface area contributed by atoms with Gasteiger partial charge in [-0.25, -0.2) is 4.98 Å². The topological polar surface area (TPSA) is 103 Å². The second-order valence-corrected chi connectivity index (χ2v) is 6.21. The molecule has 0 unspecified atom stereocenters. The van der Waals surface area contributed by atoms with Gasteiger partial charge < -0.3 is 24.5 Å². The summed E-state index contributed by atoms with van der Waals surface area (Å²) in [7, 11) is 1.60. The van der Waals surface area contributed by atoms with E-state index in [1.54, 1.807) is 56.6 Å². The first kappa shape index (κ1) is 19.9. The lowest BCUT2D eigenvalue weighted by molar-refractivity contribution is -0.122. The summed E-state index contributed by atoms with van der Waals surface area (Å²) in [4.78, 5) is 28.4. The van der Waals surface area contributed by atoms with Gasteiger partial charge in [0.25, 0.3) is 5.91 Å². The predicted octanol–water partition coefficient (Wildman–Crippen LogP) is 2.91. The first-order chi connectivity index (χ1) is 14.0. The molecule has 0 bridgehead atoms. The van der Waals surface area contributed by atoms with Crippen molar-refractivity contribution in [2.75, 3.05) is 7.11 Å². The Kier molecular flexibility index (Phi) is 6.47. The van der Waals surface area contributed by atoms with Crippen molar-refractivity contribution in [1.29, 1.82) is 0 Å². The van der Waals surface area contributed by atoms with E-state index in [9.17, 15) is 9.59 Å². The van der Waals surface area contributed by atoms with Gasteiger partial charge in [0.05, 0.1) is 18.9 Å². The molecular weight excluding hydrogens is 374 g/mol. The van der Waals surface area contributed by atoms with Crippen molar-refractivity contribution in [3.8, 4) is 17.4 Å². The zero-order chi connectivity index (χ0) is 20.6. The van der Waals surface area contributed by atoms with Crippen LogP contribution in [0.2, 0.25) is 0 Å². The molecule has 0 saturated heterocycles. The molecule has 0 aliphatic carbocycles. The predicted molar refractivity (Wildman–Crippen MR) is 105 cm³/mol. The molecule has 0 saturated carbocycles. The van der Waals surface area contributed by atoms with Gasteiger partial charge >= 0.3 is 0 Å². The van der Waals surface area contributed by atoms with Crippen LogP contribution in [0.3, 0.4) is 0 Å². The van der Waals surface area contributed by atoms with Crippen LogP contribution in [0.5, 0.6) is 17.4 Å². The number of nitrogens with zero attached hydrogens (tertiary/aromatic N) is 1. The fraction of sp³-hybridized carbons (Fsp3) is 0.190. The third kappa shape index (κ3) is 5.58. The quantitative estimate of drug-likeness (QED) is 0.608. The Morgan fingerprint density at radius 3 is 2.48 bits per heavy atom. The van der Waals surface area contributed by atoms with E-state index in [0.29, 0.717) is 17.2 Å². The molecule has 0 aliphatic rings. The fourth-order valence-corrected chi connectivity index (χ4v) is 2.42. The molecule has 1 atom stereocenters. The summed E-state index contributed by atoms with van der Waals surface area (Å²) < 4.78 is 15.6. The van der Waals surface area contributed by atoms with Crippen LogP contribution in [-0.2, 0) is 11.3 Å². The van der Waals surface area contributed by atoms with E-state index in [0.717, 1.165) is 11.3 Å². The minimum atomic E-state index is -0.692. The molecule has 2 heterocycles. The second kappa shape index (κ2) is 9.41. The number of furan rings is 1. The molecule has 0 aliphatic heterocycles. The zero-order valence-electron chi connectivity index (χ0n) is 16.0. The molecule has 1 aromatic carbocycles. The van der Waals surface area contributed by atoms with Crippen molar-refractivity contribution >= 4 is 11.8 Å². The Bertz CT molecular complexity index is 937. The summed E-state index contributed by atoms with van der Waals surface area (Å²) in [5.74, 6) is 1.14. The monoisotopic (exact) mass is 395 g/mol. The van der Waals surface area contributed by atoms with Gasteiger partial charge in [0.1, 0.15) is 23.8 Å². The van der Waals surface area contributed by atoms with Gasteiger partial charge in [-0.15, -0.1) is 0 Å². The summed E-state index contributed by atoms with van der Waals surface area (Å²) in [6, 6.07) is 11.5. The lowest BCUT2D eigenvalue weighted by atomic mass is 10.2. The minimum Gasteiger partial charge on any atom is -0.497 e. The van der Waals surface area contributed by atoms with Gasteiger partial charge in [-0.2, -0.15) is 0 Å². The zero-order valence-corrected chi connectivity index (χ0v) is 16.0. The van der Waals surface area contributed by atoms with Crippen LogP contribution in [0.15, 0.2) is 65.6 Å². The maximum absolute atomic E-state index is 12.2. The highest BCUT2D eigenvalue weighted by Gasteiger charge is 2.17. The van der Waals surface area contributed by atoms with Crippen LogP contribution >= 0.6 is 0 Å². The lowest BCUT2D eigenvalue weighted by Crippen LogP contribution is -2.44. The van der Waals surface area contributed by atoms with E-state index in [4.69, 9.17) is 13.9 Å². The largest absolute Gasteiger partial charge is 0.497 e. The highest BCUT2D eigenvalue weighted by atomic mass is 16.5. The molecule has 150 valence electrons. The van der Waals surface area contributed by atoms with Gasteiger partial charge in [0, 0.05) is 18.8 Å². The van der Waals surface area contributed by atoms with Crippen LogP contribution in [0, 0.1) is 0 Å². The number of hydrogen-bond acceptors (Lipinski definition) is 6. The van der Waals surface area contributed by atoms with Crippen LogP contribution in [0.1, 0.15) is 22.8 Å². The molecule has 8 heteroatoms. The molecule has 2 aromatic heterocycles. The SMILES string of the molecule is COc1ccc(Oc2ccc(CNC(=O)[C@H](C)NC(=O)c3ccoc3)cn2)cc1. The van der Waals surface area contributed by atoms with Crippen molar-refractivity contribution in [2.45, 2.75) is 19.5 Å². The molecule has 29 heavy (non-hydrogen) atoms. The fourth-order valence-electron chi connectivity index (χ4n) is 2.42. The Balaban J connectivity index is 1.47. The van der Waals surface area contributed by atoms with Crippen LogP contribution in [-0.4, -0.2) is 29.9 Å². The van der Waals surface area contributed by atoms with Gasteiger partial charge in [-0.1, -0.05) is 6.07 Å². The Labute approximate surface area is 167 Å². The molecule has 3 rings (SSSR count). The maximum atomic E-state index is 12.2. The second-order valence-electron chi connectivity index (χ2n) is 6.21. The number of amides is 2. The number of aromatic nitrogens is 1. The van der Waals surface area contributed by atoms with Gasteiger partial charge in [0.15, 0.2) is 0 Å². The van der Waals surface area contributed by atoms with Gasteiger partial charge in [-0.3, -0.25) is 9.59 Å². The highest BCUT2D eigenvalue weighted by Crippen LogP contribution is 2.22. The molecule has 0 spiro atoms. The average molecular weight is 395 g/mol. The number of pyridine rings is 1. The molecule has 8 nitrogen and oxygen atoms in total.